The molecule has 1 aromatic carbocycles. The van der Waals surface area contributed by atoms with Gasteiger partial charge < -0.3 is 10.6 Å². The molecule has 0 atom stereocenters. The Morgan fingerprint density at radius 2 is 2.04 bits per heavy atom. The molecule has 3 rings (SSSR count). The average Bonchev–Trinajstić information content (AvgIpc) is 3.05. The van der Waals surface area contributed by atoms with Crippen LogP contribution >= 0.6 is 22.9 Å². The van der Waals surface area contributed by atoms with E-state index < -0.39 is 0 Å². The molecule has 0 saturated heterocycles. The van der Waals surface area contributed by atoms with Crippen LogP contribution in [0, 0.1) is 20.8 Å². The molecule has 1 amide bonds. The van der Waals surface area contributed by atoms with Crippen LogP contribution in [-0.2, 0) is 6.54 Å². The summed E-state index contributed by atoms with van der Waals surface area (Å²) >= 11 is 7.44. The summed E-state index contributed by atoms with van der Waals surface area (Å²) in [6, 6.07) is 7.41. The number of para-hydroxylation sites is 1. The van der Waals surface area contributed by atoms with Crippen LogP contribution < -0.4 is 10.6 Å². The van der Waals surface area contributed by atoms with Gasteiger partial charge in [0, 0.05) is 5.69 Å². The fraction of sp³-hybridized carbons (Fsp3) is 0.222. The van der Waals surface area contributed by atoms with Gasteiger partial charge in [0.15, 0.2) is 5.13 Å². The van der Waals surface area contributed by atoms with Gasteiger partial charge in [0.2, 0.25) is 0 Å². The van der Waals surface area contributed by atoms with Crippen molar-refractivity contribution in [1.29, 1.82) is 0 Å². The first-order valence-electron chi connectivity index (χ1n) is 7.99. The van der Waals surface area contributed by atoms with E-state index in [4.69, 9.17) is 11.6 Å². The molecule has 0 radical (unpaired) electrons. The van der Waals surface area contributed by atoms with E-state index in [-0.39, 0.29) is 5.91 Å². The van der Waals surface area contributed by atoms with E-state index in [0.717, 1.165) is 22.8 Å². The maximum atomic E-state index is 12.4. The van der Waals surface area contributed by atoms with Crippen LogP contribution in [-0.4, -0.2) is 20.9 Å². The zero-order chi connectivity index (χ0) is 18.7. The molecule has 8 heteroatoms. The van der Waals surface area contributed by atoms with Crippen molar-refractivity contribution in [1.82, 2.24) is 15.0 Å². The standard InChI is InChI=1S/C18H18ClN5OS/c1-10-5-4-6-14(19)16(10)24-17(25)15-9-21-18(26-15)20-8-13-7-11(2)22-12(3)23-13/h4-7,9H,8H2,1-3H3,(H,20,21)(H,24,25). The summed E-state index contributed by atoms with van der Waals surface area (Å²) in [4.78, 5) is 25.8. The molecule has 2 N–H and O–H groups in total. The number of carbonyl (C=O) groups excluding carboxylic acids is 1. The van der Waals surface area contributed by atoms with E-state index in [1.165, 1.54) is 11.3 Å². The Morgan fingerprint density at radius 3 is 2.77 bits per heavy atom. The monoisotopic (exact) mass is 387 g/mol. The number of carbonyl (C=O) groups is 1. The Labute approximate surface area is 160 Å². The van der Waals surface area contributed by atoms with Gasteiger partial charge in [0.25, 0.3) is 5.91 Å². The fourth-order valence-electron chi connectivity index (χ4n) is 2.48. The zero-order valence-corrected chi connectivity index (χ0v) is 16.2. The van der Waals surface area contributed by atoms with Crippen molar-refractivity contribution in [2.45, 2.75) is 27.3 Å². The maximum Gasteiger partial charge on any atom is 0.267 e. The zero-order valence-electron chi connectivity index (χ0n) is 14.6. The summed E-state index contributed by atoms with van der Waals surface area (Å²) in [6.07, 6.45) is 1.55. The van der Waals surface area contributed by atoms with Crippen molar-refractivity contribution in [2.24, 2.45) is 0 Å². The quantitative estimate of drug-likeness (QED) is 0.679. The van der Waals surface area contributed by atoms with Gasteiger partial charge in [0.1, 0.15) is 10.7 Å². The van der Waals surface area contributed by atoms with E-state index in [1.807, 2.05) is 39.0 Å². The Morgan fingerprint density at radius 1 is 1.23 bits per heavy atom. The summed E-state index contributed by atoms with van der Waals surface area (Å²) in [5.74, 6) is 0.497. The molecule has 0 aliphatic heterocycles. The Kier molecular flexibility index (Phi) is 5.49. The minimum absolute atomic E-state index is 0.236. The molecular formula is C18H18ClN5OS. The number of benzene rings is 1. The first kappa shape index (κ1) is 18.3. The number of nitrogens with zero attached hydrogens (tertiary/aromatic N) is 3. The highest BCUT2D eigenvalue weighted by Crippen LogP contribution is 2.27. The Balaban J connectivity index is 1.66. The topological polar surface area (TPSA) is 79.8 Å². The number of hydrogen-bond acceptors (Lipinski definition) is 6. The fourth-order valence-corrected chi connectivity index (χ4v) is 3.45. The molecule has 0 saturated carbocycles. The highest BCUT2D eigenvalue weighted by Gasteiger charge is 2.14. The summed E-state index contributed by atoms with van der Waals surface area (Å²) in [6.45, 7) is 6.20. The van der Waals surface area contributed by atoms with Gasteiger partial charge in [-0.15, -0.1) is 0 Å². The van der Waals surface area contributed by atoms with Gasteiger partial charge in [-0.25, -0.2) is 15.0 Å². The summed E-state index contributed by atoms with van der Waals surface area (Å²) in [5, 5.41) is 7.20. The largest absolute Gasteiger partial charge is 0.356 e. The molecule has 0 fully saturated rings. The molecule has 134 valence electrons. The van der Waals surface area contributed by atoms with E-state index in [1.54, 1.807) is 12.3 Å². The van der Waals surface area contributed by atoms with E-state index >= 15 is 0 Å². The molecule has 2 heterocycles. The average molecular weight is 388 g/mol. The van der Waals surface area contributed by atoms with Crippen LogP contribution in [0.25, 0.3) is 0 Å². The number of rotatable bonds is 5. The number of hydrogen-bond donors (Lipinski definition) is 2. The van der Waals surface area contributed by atoms with Crippen LogP contribution in [0.15, 0.2) is 30.5 Å². The first-order chi connectivity index (χ1) is 12.4. The van der Waals surface area contributed by atoms with Gasteiger partial charge in [-0.3, -0.25) is 4.79 Å². The van der Waals surface area contributed by atoms with Gasteiger partial charge in [0.05, 0.1) is 29.1 Å². The van der Waals surface area contributed by atoms with Crippen LogP contribution in [0.3, 0.4) is 0 Å². The molecule has 26 heavy (non-hydrogen) atoms. The molecule has 0 unspecified atom stereocenters. The normalized spacial score (nSPS) is 10.6. The first-order valence-corrected chi connectivity index (χ1v) is 9.19. The van der Waals surface area contributed by atoms with Crippen LogP contribution in [0.2, 0.25) is 5.02 Å². The minimum atomic E-state index is -0.236. The van der Waals surface area contributed by atoms with E-state index in [2.05, 4.69) is 25.6 Å². The number of amides is 1. The van der Waals surface area contributed by atoms with Crippen molar-refractivity contribution in [3.8, 4) is 0 Å². The molecule has 0 bridgehead atoms. The Hall–Kier alpha value is -2.51. The lowest BCUT2D eigenvalue weighted by molar-refractivity contribution is 0.103. The van der Waals surface area contributed by atoms with Crippen LogP contribution in [0.5, 0.6) is 0 Å². The third kappa shape index (κ3) is 4.36. The SMILES string of the molecule is Cc1cc(CNc2ncc(C(=O)Nc3c(C)cccc3Cl)s2)nc(C)n1. The summed E-state index contributed by atoms with van der Waals surface area (Å²) in [7, 11) is 0. The maximum absolute atomic E-state index is 12.4. The van der Waals surface area contributed by atoms with Crippen LogP contribution in [0.1, 0.15) is 32.4 Å². The number of aryl methyl sites for hydroxylation is 3. The van der Waals surface area contributed by atoms with E-state index in [0.29, 0.717) is 27.3 Å². The summed E-state index contributed by atoms with van der Waals surface area (Å²) in [5.41, 5.74) is 3.32. The third-order valence-electron chi connectivity index (χ3n) is 3.63. The lowest BCUT2D eigenvalue weighted by Gasteiger charge is -2.08. The molecule has 2 aromatic heterocycles. The third-order valence-corrected chi connectivity index (χ3v) is 4.90. The van der Waals surface area contributed by atoms with Crippen molar-refractivity contribution < 1.29 is 4.79 Å². The van der Waals surface area contributed by atoms with Gasteiger partial charge in [-0.1, -0.05) is 35.1 Å². The van der Waals surface area contributed by atoms with Crippen molar-refractivity contribution >= 4 is 39.7 Å². The molecule has 0 spiro atoms. The van der Waals surface area contributed by atoms with Gasteiger partial charge in [-0.05, 0) is 38.5 Å². The van der Waals surface area contributed by atoms with Gasteiger partial charge >= 0.3 is 0 Å². The number of thiazole rings is 1. The number of aromatic nitrogens is 3. The Bertz CT molecular complexity index is 916. The van der Waals surface area contributed by atoms with Crippen molar-refractivity contribution in [3.05, 3.63) is 63.1 Å². The summed E-state index contributed by atoms with van der Waals surface area (Å²) < 4.78 is 0. The van der Waals surface area contributed by atoms with Crippen molar-refractivity contribution in [2.75, 3.05) is 10.6 Å². The second-order valence-electron chi connectivity index (χ2n) is 5.82. The second-order valence-corrected chi connectivity index (χ2v) is 7.25. The molecule has 0 aliphatic rings. The second kappa shape index (κ2) is 7.80. The predicted molar refractivity (Wildman–Crippen MR) is 105 cm³/mol. The molecule has 3 aromatic rings. The number of nitrogens with one attached hydrogen (secondary N) is 2. The smallest absolute Gasteiger partial charge is 0.267 e. The molecule has 0 aliphatic carbocycles. The van der Waals surface area contributed by atoms with Crippen molar-refractivity contribution in [3.63, 3.8) is 0 Å². The predicted octanol–water partition coefficient (Wildman–Crippen LogP) is 4.38. The lowest BCUT2D eigenvalue weighted by Crippen LogP contribution is -2.11. The highest BCUT2D eigenvalue weighted by atomic mass is 35.5. The van der Waals surface area contributed by atoms with Crippen LogP contribution in [0.4, 0.5) is 10.8 Å². The molecule has 6 nitrogen and oxygen atoms in total. The van der Waals surface area contributed by atoms with Gasteiger partial charge in [-0.2, -0.15) is 0 Å². The minimum Gasteiger partial charge on any atom is -0.356 e. The highest BCUT2D eigenvalue weighted by molar-refractivity contribution is 7.17. The lowest BCUT2D eigenvalue weighted by atomic mass is 10.2. The molecular weight excluding hydrogens is 370 g/mol. The number of halogens is 1. The van der Waals surface area contributed by atoms with E-state index in [9.17, 15) is 4.79 Å². The number of anilines is 2.